The lowest BCUT2D eigenvalue weighted by molar-refractivity contribution is -0.125. The third-order valence-corrected chi connectivity index (χ3v) is 3.09. The van der Waals surface area contributed by atoms with Crippen molar-refractivity contribution in [3.05, 3.63) is 17.1 Å². The molecule has 6 heteroatoms. The van der Waals surface area contributed by atoms with E-state index in [-0.39, 0.29) is 6.54 Å². The van der Waals surface area contributed by atoms with Crippen molar-refractivity contribution in [3.8, 4) is 0 Å². The molecule has 1 aromatic heterocycles. The molecule has 0 spiro atoms. The standard InChI is InChI=1S/C12H18N4O2/c1-7-15-9-5-3-2-4-8(9)12(16-7)14-6-10(17)11(13)18/h10,17H,2-6H2,1H3,(H2,13,18)(H,14,15,16)/t10-/m0/s1. The van der Waals surface area contributed by atoms with E-state index in [9.17, 15) is 9.90 Å². The molecule has 0 bridgehead atoms. The summed E-state index contributed by atoms with van der Waals surface area (Å²) in [5, 5.41) is 12.4. The van der Waals surface area contributed by atoms with E-state index in [0.717, 1.165) is 42.8 Å². The van der Waals surface area contributed by atoms with Gasteiger partial charge in [-0.1, -0.05) is 0 Å². The second-order valence-electron chi connectivity index (χ2n) is 4.55. The van der Waals surface area contributed by atoms with E-state index in [1.54, 1.807) is 0 Å². The topological polar surface area (TPSA) is 101 Å². The minimum atomic E-state index is -1.19. The molecule has 0 saturated heterocycles. The number of aryl methyl sites for hydroxylation is 2. The molecule has 0 aliphatic heterocycles. The van der Waals surface area contributed by atoms with Crippen LogP contribution in [0.1, 0.15) is 29.9 Å². The minimum Gasteiger partial charge on any atom is -0.381 e. The van der Waals surface area contributed by atoms with Crippen LogP contribution in [0, 0.1) is 6.92 Å². The van der Waals surface area contributed by atoms with Gasteiger partial charge in [-0.15, -0.1) is 0 Å². The highest BCUT2D eigenvalue weighted by molar-refractivity contribution is 5.79. The van der Waals surface area contributed by atoms with Gasteiger partial charge in [0.2, 0.25) is 5.91 Å². The predicted octanol–water partition coefficient (Wildman–Crippen LogP) is -0.0781. The number of amides is 1. The molecule has 4 N–H and O–H groups in total. The first-order valence-electron chi connectivity index (χ1n) is 6.15. The quantitative estimate of drug-likeness (QED) is 0.694. The molecule has 0 fully saturated rings. The van der Waals surface area contributed by atoms with Gasteiger partial charge in [0.15, 0.2) is 0 Å². The summed E-state index contributed by atoms with van der Waals surface area (Å²) in [7, 11) is 0. The van der Waals surface area contributed by atoms with Crippen molar-refractivity contribution in [3.63, 3.8) is 0 Å². The van der Waals surface area contributed by atoms with Gasteiger partial charge in [-0.25, -0.2) is 9.97 Å². The average molecular weight is 250 g/mol. The monoisotopic (exact) mass is 250 g/mol. The maximum atomic E-state index is 10.8. The summed E-state index contributed by atoms with van der Waals surface area (Å²) < 4.78 is 0. The molecular weight excluding hydrogens is 232 g/mol. The zero-order valence-corrected chi connectivity index (χ0v) is 10.4. The van der Waals surface area contributed by atoms with Gasteiger partial charge in [-0.3, -0.25) is 4.79 Å². The molecule has 1 amide bonds. The SMILES string of the molecule is Cc1nc2c(c(NC[C@H](O)C(N)=O)n1)CCCC2. The van der Waals surface area contributed by atoms with Crippen LogP contribution in [0.4, 0.5) is 5.82 Å². The summed E-state index contributed by atoms with van der Waals surface area (Å²) in [6.07, 6.45) is 2.97. The number of nitrogens with zero attached hydrogens (tertiary/aromatic N) is 2. The molecule has 1 heterocycles. The number of nitrogens with two attached hydrogens (primary N) is 1. The molecule has 6 nitrogen and oxygen atoms in total. The van der Waals surface area contributed by atoms with Gasteiger partial charge >= 0.3 is 0 Å². The second kappa shape index (κ2) is 5.30. The van der Waals surface area contributed by atoms with Crippen LogP contribution in [-0.4, -0.2) is 33.6 Å². The smallest absolute Gasteiger partial charge is 0.248 e. The summed E-state index contributed by atoms with van der Waals surface area (Å²) >= 11 is 0. The third-order valence-electron chi connectivity index (χ3n) is 3.09. The number of primary amides is 1. The number of aromatic nitrogens is 2. The molecule has 1 aliphatic rings. The van der Waals surface area contributed by atoms with E-state index in [1.807, 2.05) is 6.92 Å². The summed E-state index contributed by atoms with van der Waals surface area (Å²) in [4.78, 5) is 19.5. The van der Waals surface area contributed by atoms with Crippen LogP contribution < -0.4 is 11.1 Å². The Bertz CT molecular complexity index is 462. The lowest BCUT2D eigenvalue weighted by Crippen LogP contribution is -2.34. The van der Waals surface area contributed by atoms with Gasteiger partial charge in [0.25, 0.3) is 0 Å². The first-order chi connectivity index (χ1) is 8.58. The third kappa shape index (κ3) is 2.76. The van der Waals surface area contributed by atoms with E-state index in [4.69, 9.17) is 5.73 Å². The maximum Gasteiger partial charge on any atom is 0.248 e. The number of aliphatic hydroxyl groups is 1. The fourth-order valence-corrected chi connectivity index (χ4v) is 2.16. The van der Waals surface area contributed by atoms with E-state index in [0.29, 0.717) is 5.82 Å². The zero-order chi connectivity index (χ0) is 13.1. The Labute approximate surface area is 106 Å². The van der Waals surface area contributed by atoms with Crippen molar-refractivity contribution in [2.75, 3.05) is 11.9 Å². The Hall–Kier alpha value is -1.69. The highest BCUT2D eigenvalue weighted by Crippen LogP contribution is 2.25. The van der Waals surface area contributed by atoms with E-state index >= 15 is 0 Å². The first-order valence-corrected chi connectivity index (χ1v) is 6.15. The molecule has 0 radical (unpaired) electrons. The normalized spacial score (nSPS) is 15.9. The Morgan fingerprint density at radius 2 is 2.17 bits per heavy atom. The zero-order valence-electron chi connectivity index (χ0n) is 10.4. The predicted molar refractivity (Wildman–Crippen MR) is 67.1 cm³/mol. The lowest BCUT2D eigenvalue weighted by atomic mass is 9.96. The van der Waals surface area contributed by atoms with Crippen molar-refractivity contribution in [1.82, 2.24) is 9.97 Å². The van der Waals surface area contributed by atoms with Gasteiger partial charge in [0, 0.05) is 11.3 Å². The molecule has 98 valence electrons. The maximum absolute atomic E-state index is 10.8. The number of rotatable bonds is 4. The van der Waals surface area contributed by atoms with Crippen LogP contribution in [0.2, 0.25) is 0 Å². The summed E-state index contributed by atoms with van der Waals surface area (Å²) in [6, 6.07) is 0. The van der Waals surface area contributed by atoms with Crippen molar-refractivity contribution in [2.24, 2.45) is 5.73 Å². The van der Waals surface area contributed by atoms with Crippen LogP contribution in [0.15, 0.2) is 0 Å². The number of hydrogen-bond acceptors (Lipinski definition) is 5. The number of aliphatic hydroxyl groups excluding tert-OH is 1. The van der Waals surface area contributed by atoms with Crippen LogP contribution in [0.3, 0.4) is 0 Å². The van der Waals surface area contributed by atoms with Crippen molar-refractivity contribution in [1.29, 1.82) is 0 Å². The van der Waals surface area contributed by atoms with E-state index in [2.05, 4.69) is 15.3 Å². The molecule has 1 atom stereocenters. The molecule has 1 aliphatic carbocycles. The van der Waals surface area contributed by atoms with Crippen molar-refractivity contribution < 1.29 is 9.90 Å². The molecule has 2 rings (SSSR count). The Balaban J connectivity index is 2.16. The van der Waals surface area contributed by atoms with Gasteiger partial charge in [0.05, 0.1) is 6.54 Å². The fourth-order valence-electron chi connectivity index (χ4n) is 2.16. The number of carbonyl (C=O) groups excluding carboxylic acids is 1. The van der Waals surface area contributed by atoms with Gasteiger partial charge in [0.1, 0.15) is 17.7 Å². The highest BCUT2D eigenvalue weighted by atomic mass is 16.3. The molecule has 0 unspecified atom stereocenters. The highest BCUT2D eigenvalue weighted by Gasteiger charge is 2.18. The minimum absolute atomic E-state index is 0.0816. The first kappa shape index (κ1) is 12.8. The van der Waals surface area contributed by atoms with Crippen molar-refractivity contribution >= 4 is 11.7 Å². The average Bonchev–Trinajstić information content (AvgIpc) is 2.35. The second-order valence-corrected chi connectivity index (χ2v) is 4.55. The molecule has 1 aromatic rings. The lowest BCUT2D eigenvalue weighted by Gasteiger charge is -2.19. The number of nitrogens with one attached hydrogen (secondary N) is 1. The Morgan fingerprint density at radius 3 is 2.89 bits per heavy atom. The van der Waals surface area contributed by atoms with Crippen LogP contribution in [0.5, 0.6) is 0 Å². The van der Waals surface area contributed by atoms with E-state index in [1.165, 1.54) is 0 Å². The molecule has 0 saturated carbocycles. The van der Waals surface area contributed by atoms with Gasteiger partial charge < -0.3 is 16.2 Å². The van der Waals surface area contributed by atoms with Gasteiger partial charge in [-0.05, 0) is 32.6 Å². The Morgan fingerprint density at radius 1 is 1.44 bits per heavy atom. The van der Waals surface area contributed by atoms with Crippen LogP contribution >= 0.6 is 0 Å². The van der Waals surface area contributed by atoms with Crippen molar-refractivity contribution in [2.45, 2.75) is 38.7 Å². The fraction of sp³-hybridized carbons (Fsp3) is 0.583. The number of anilines is 1. The molecule has 18 heavy (non-hydrogen) atoms. The number of fused-ring (bicyclic) bond motifs is 1. The number of carbonyl (C=O) groups is 1. The Kier molecular flexibility index (Phi) is 3.76. The molecular formula is C12H18N4O2. The largest absolute Gasteiger partial charge is 0.381 e. The van der Waals surface area contributed by atoms with Crippen LogP contribution in [0.25, 0.3) is 0 Å². The van der Waals surface area contributed by atoms with Crippen LogP contribution in [-0.2, 0) is 17.6 Å². The summed E-state index contributed by atoms with van der Waals surface area (Å²) in [5.74, 6) is 0.686. The molecule has 0 aromatic carbocycles. The number of hydrogen-bond donors (Lipinski definition) is 3. The van der Waals surface area contributed by atoms with Gasteiger partial charge in [-0.2, -0.15) is 0 Å². The van der Waals surface area contributed by atoms with E-state index < -0.39 is 12.0 Å². The summed E-state index contributed by atoms with van der Waals surface area (Å²) in [6.45, 7) is 1.92. The summed E-state index contributed by atoms with van der Waals surface area (Å²) in [5.41, 5.74) is 7.18.